The number of aromatic nitrogens is 3. The number of amides is 1. The molecular formula is C20H25N5O2S2. The second-order valence-corrected chi connectivity index (χ2v) is 9.57. The van der Waals surface area contributed by atoms with Crippen LogP contribution in [-0.4, -0.2) is 38.8 Å². The van der Waals surface area contributed by atoms with Crippen molar-refractivity contribution in [3.8, 4) is 0 Å². The van der Waals surface area contributed by atoms with Gasteiger partial charge in [-0.1, -0.05) is 6.42 Å². The minimum atomic E-state index is -0.130. The molecule has 1 saturated heterocycles. The maximum absolute atomic E-state index is 12.3. The summed E-state index contributed by atoms with van der Waals surface area (Å²) in [4.78, 5) is 40.8. The average molecular weight is 432 g/mol. The summed E-state index contributed by atoms with van der Waals surface area (Å²) < 4.78 is 0. The van der Waals surface area contributed by atoms with Crippen molar-refractivity contribution in [2.24, 2.45) is 0 Å². The number of anilines is 1. The highest BCUT2D eigenvalue weighted by atomic mass is 32.1. The number of carbonyl (C=O) groups is 1. The molecule has 2 N–H and O–H groups in total. The molecule has 1 aliphatic heterocycles. The molecular weight excluding hydrogens is 406 g/mol. The van der Waals surface area contributed by atoms with Crippen molar-refractivity contribution in [2.45, 2.75) is 52.5 Å². The van der Waals surface area contributed by atoms with Crippen LogP contribution in [0.2, 0.25) is 0 Å². The van der Waals surface area contributed by atoms with Crippen molar-refractivity contribution < 1.29 is 4.79 Å². The molecule has 0 bridgehead atoms. The Labute approximate surface area is 177 Å². The highest BCUT2D eigenvalue weighted by molar-refractivity contribution is 7.18. The molecule has 9 heteroatoms. The van der Waals surface area contributed by atoms with Gasteiger partial charge in [0.2, 0.25) is 5.91 Å². The van der Waals surface area contributed by atoms with Crippen LogP contribution in [0.15, 0.2) is 10.2 Å². The Morgan fingerprint density at radius 2 is 2.03 bits per heavy atom. The zero-order valence-electron chi connectivity index (χ0n) is 16.7. The average Bonchev–Trinajstić information content (AvgIpc) is 3.25. The first-order valence-electron chi connectivity index (χ1n) is 9.95. The van der Waals surface area contributed by atoms with Crippen molar-refractivity contribution >= 4 is 43.9 Å². The summed E-state index contributed by atoms with van der Waals surface area (Å²) in [6, 6.07) is 0. The van der Waals surface area contributed by atoms with E-state index in [1.807, 2.05) is 19.2 Å². The first-order valence-corrected chi connectivity index (χ1v) is 11.6. The van der Waals surface area contributed by atoms with E-state index in [1.54, 1.807) is 0 Å². The zero-order chi connectivity index (χ0) is 20.4. The van der Waals surface area contributed by atoms with Gasteiger partial charge in [0.1, 0.15) is 10.7 Å². The molecule has 1 amide bonds. The fourth-order valence-corrected chi connectivity index (χ4v) is 5.38. The molecule has 0 aliphatic carbocycles. The molecule has 3 aromatic heterocycles. The van der Waals surface area contributed by atoms with Gasteiger partial charge in [-0.05, 0) is 45.3 Å². The second-order valence-electron chi connectivity index (χ2n) is 7.51. The molecule has 154 valence electrons. The van der Waals surface area contributed by atoms with E-state index < -0.39 is 0 Å². The molecule has 0 saturated carbocycles. The normalized spacial score (nSPS) is 15.1. The van der Waals surface area contributed by atoms with Gasteiger partial charge in [-0.3, -0.25) is 14.5 Å². The lowest BCUT2D eigenvalue weighted by Crippen LogP contribution is -2.29. The molecule has 3 aromatic rings. The molecule has 4 rings (SSSR count). The Hall–Kier alpha value is -2.10. The number of thiophene rings is 1. The smallest absolute Gasteiger partial charge is 0.259 e. The van der Waals surface area contributed by atoms with Crippen LogP contribution >= 0.6 is 22.7 Å². The van der Waals surface area contributed by atoms with Gasteiger partial charge in [0, 0.05) is 29.6 Å². The van der Waals surface area contributed by atoms with Gasteiger partial charge in [-0.15, -0.1) is 22.7 Å². The van der Waals surface area contributed by atoms with E-state index in [0.29, 0.717) is 22.8 Å². The zero-order valence-corrected chi connectivity index (χ0v) is 18.3. The monoisotopic (exact) mass is 431 g/mol. The Morgan fingerprint density at radius 1 is 1.24 bits per heavy atom. The fourth-order valence-electron chi connectivity index (χ4n) is 3.61. The summed E-state index contributed by atoms with van der Waals surface area (Å²) in [6.45, 7) is 7.01. The van der Waals surface area contributed by atoms with Crippen molar-refractivity contribution in [1.82, 2.24) is 19.9 Å². The number of nitrogens with zero attached hydrogens (tertiary/aromatic N) is 3. The first kappa shape index (κ1) is 20.2. The van der Waals surface area contributed by atoms with Crippen LogP contribution < -0.4 is 10.9 Å². The summed E-state index contributed by atoms with van der Waals surface area (Å²) in [5, 5.41) is 6.17. The lowest BCUT2D eigenvalue weighted by Gasteiger charge is -2.25. The third kappa shape index (κ3) is 4.73. The number of nitrogens with one attached hydrogen (secondary N) is 2. The molecule has 1 aliphatic rings. The van der Waals surface area contributed by atoms with Crippen LogP contribution in [-0.2, 0) is 17.8 Å². The Morgan fingerprint density at radius 3 is 2.83 bits per heavy atom. The maximum atomic E-state index is 12.3. The van der Waals surface area contributed by atoms with Gasteiger partial charge in [0.25, 0.3) is 5.56 Å². The summed E-state index contributed by atoms with van der Waals surface area (Å²) in [5.74, 6) is 0.425. The number of hydrogen-bond donors (Lipinski definition) is 2. The lowest BCUT2D eigenvalue weighted by molar-refractivity contribution is -0.116. The number of thiazole rings is 1. The number of piperidine rings is 1. The molecule has 0 aromatic carbocycles. The van der Waals surface area contributed by atoms with Crippen molar-refractivity contribution in [3.63, 3.8) is 0 Å². The van der Waals surface area contributed by atoms with Crippen LogP contribution in [0.3, 0.4) is 0 Å². The number of H-pyrrole nitrogens is 1. The molecule has 0 spiro atoms. The number of carbonyl (C=O) groups excluding carboxylic acids is 1. The van der Waals surface area contributed by atoms with E-state index >= 15 is 0 Å². The van der Waals surface area contributed by atoms with E-state index in [-0.39, 0.29) is 17.9 Å². The van der Waals surface area contributed by atoms with Crippen molar-refractivity contribution in [1.29, 1.82) is 0 Å². The van der Waals surface area contributed by atoms with Gasteiger partial charge in [-0.25, -0.2) is 9.97 Å². The first-order chi connectivity index (χ1) is 14.0. The fraction of sp³-hybridized carbons (Fsp3) is 0.500. The highest BCUT2D eigenvalue weighted by Gasteiger charge is 2.15. The van der Waals surface area contributed by atoms with E-state index in [0.717, 1.165) is 40.6 Å². The number of fused-ring (bicyclic) bond motifs is 1. The lowest BCUT2D eigenvalue weighted by atomic mass is 10.1. The number of likely N-dealkylation sites (tertiary alicyclic amines) is 1. The SMILES string of the molecule is Cc1sc2nc(CCC(=O)Nc3nc(CN4CCCCC4)cs3)[nH]c(=O)c2c1C. The third-order valence-corrected chi connectivity index (χ3v) is 7.22. The Balaban J connectivity index is 1.33. The van der Waals surface area contributed by atoms with E-state index in [2.05, 4.69) is 25.2 Å². The predicted octanol–water partition coefficient (Wildman–Crippen LogP) is 3.62. The number of aromatic amines is 1. The minimum Gasteiger partial charge on any atom is -0.310 e. The molecule has 29 heavy (non-hydrogen) atoms. The van der Waals surface area contributed by atoms with Crippen LogP contribution in [0.25, 0.3) is 10.2 Å². The van der Waals surface area contributed by atoms with Crippen LogP contribution in [0.5, 0.6) is 0 Å². The van der Waals surface area contributed by atoms with Crippen LogP contribution in [0.4, 0.5) is 5.13 Å². The maximum Gasteiger partial charge on any atom is 0.259 e. The highest BCUT2D eigenvalue weighted by Crippen LogP contribution is 2.26. The third-order valence-electron chi connectivity index (χ3n) is 5.31. The Kier molecular flexibility index (Phi) is 6.07. The molecule has 0 unspecified atom stereocenters. The molecule has 1 fully saturated rings. The summed E-state index contributed by atoms with van der Waals surface area (Å²) in [5.41, 5.74) is 1.86. The Bertz CT molecular complexity index is 1080. The summed E-state index contributed by atoms with van der Waals surface area (Å²) >= 11 is 2.97. The number of aryl methyl sites for hydroxylation is 3. The predicted molar refractivity (Wildman–Crippen MR) is 118 cm³/mol. The van der Waals surface area contributed by atoms with Crippen LogP contribution in [0, 0.1) is 13.8 Å². The van der Waals surface area contributed by atoms with Crippen LogP contribution in [0.1, 0.15) is 47.6 Å². The summed E-state index contributed by atoms with van der Waals surface area (Å²) in [6.07, 6.45) is 4.45. The standard InChI is InChI=1S/C20H25N5O2S2/c1-12-13(2)29-19-17(12)18(27)22-15(23-19)6-7-16(26)24-20-21-14(11-28-20)10-25-8-4-3-5-9-25/h11H,3-10H2,1-2H3,(H,21,24,26)(H,22,23,27). The van der Waals surface area contributed by atoms with Gasteiger partial charge >= 0.3 is 0 Å². The largest absolute Gasteiger partial charge is 0.310 e. The van der Waals surface area contributed by atoms with Gasteiger partial charge in [0.05, 0.1) is 11.1 Å². The van der Waals surface area contributed by atoms with Gasteiger partial charge < -0.3 is 10.3 Å². The summed E-state index contributed by atoms with van der Waals surface area (Å²) in [7, 11) is 0. The quantitative estimate of drug-likeness (QED) is 0.622. The molecule has 7 nitrogen and oxygen atoms in total. The second kappa shape index (κ2) is 8.73. The van der Waals surface area contributed by atoms with Gasteiger partial charge in [-0.2, -0.15) is 0 Å². The molecule has 0 atom stereocenters. The van der Waals surface area contributed by atoms with E-state index in [1.165, 1.54) is 41.9 Å². The van der Waals surface area contributed by atoms with E-state index in [4.69, 9.17) is 0 Å². The van der Waals surface area contributed by atoms with Gasteiger partial charge in [0.15, 0.2) is 5.13 Å². The number of rotatable bonds is 6. The van der Waals surface area contributed by atoms with E-state index in [9.17, 15) is 9.59 Å². The molecule has 0 radical (unpaired) electrons. The topological polar surface area (TPSA) is 91.0 Å². The van der Waals surface area contributed by atoms with Crippen molar-refractivity contribution in [2.75, 3.05) is 18.4 Å². The minimum absolute atomic E-state index is 0.120. The van der Waals surface area contributed by atoms with Crippen molar-refractivity contribution in [3.05, 3.63) is 37.7 Å². The number of hydrogen-bond acceptors (Lipinski definition) is 7. The molecule has 4 heterocycles.